The van der Waals surface area contributed by atoms with E-state index >= 15 is 0 Å². The predicted molar refractivity (Wildman–Crippen MR) is 74.6 cm³/mol. The van der Waals surface area contributed by atoms with E-state index in [1.165, 1.54) is 11.3 Å². The van der Waals surface area contributed by atoms with Gasteiger partial charge in [-0.25, -0.2) is 4.98 Å². The second-order valence-corrected chi connectivity index (χ2v) is 4.90. The molecule has 5 heteroatoms. The molecule has 0 radical (unpaired) electrons. The standard InChI is InChI=1S/C13H15N3OS/c1-2-3-4-5-7-14-9-11-15-10-6-8-18-12(10)13(17)16-11/h1,6,8,14H,3-5,7,9H2,(H,15,16,17). The van der Waals surface area contributed by atoms with Gasteiger partial charge < -0.3 is 10.3 Å². The topological polar surface area (TPSA) is 57.8 Å². The number of aromatic amines is 1. The van der Waals surface area contributed by atoms with Crippen LogP contribution < -0.4 is 10.9 Å². The molecule has 2 aromatic heterocycles. The minimum absolute atomic E-state index is 0.0564. The maximum absolute atomic E-state index is 11.7. The van der Waals surface area contributed by atoms with Crippen molar-refractivity contribution < 1.29 is 0 Å². The summed E-state index contributed by atoms with van der Waals surface area (Å²) in [6.07, 6.45) is 8.05. The largest absolute Gasteiger partial charge is 0.310 e. The Bertz CT molecular complexity index is 608. The van der Waals surface area contributed by atoms with E-state index in [0.29, 0.717) is 17.1 Å². The fourth-order valence-electron chi connectivity index (χ4n) is 1.69. The van der Waals surface area contributed by atoms with E-state index in [-0.39, 0.29) is 5.56 Å². The maximum atomic E-state index is 11.7. The average molecular weight is 261 g/mol. The van der Waals surface area contributed by atoms with Gasteiger partial charge in [-0.2, -0.15) is 0 Å². The first-order chi connectivity index (χ1) is 8.81. The van der Waals surface area contributed by atoms with Gasteiger partial charge in [0, 0.05) is 6.42 Å². The first-order valence-electron chi connectivity index (χ1n) is 5.92. The van der Waals surface area contributed by atoms with Gasteiger partial charge in [0.05, 0.1) is 12.1 Å². The number of nitrogens with zero attached hydrogens (tertiary/aromatic N) is 1. The highest BCUT2D eigenvalue weighted by Crippen LogP contribution is 2.13. The lowest BCUT2D eigenvalue weighted by atomic mass is 10.2. The molecule has 0 atom stereocenters. The lowest BCUT2D eigenvalue weighted by Crippen LogP contribution is -2.19. The maximum Gasteiger partial charge on any atom is 0.268 e. The Morgan fingerprint density at radius 1 is 1.50 bits per heavy atom. The number of hydrogen-bond donors (Lipinski definition) is 2. The van der Waals surface area contributed by atoms with Crippen molar-refractivity contribution in [3.05, 3.63) is 27.6 Å². The molecule has 18 heavy (non-hydrogen) atoms. The second kappa shape index (κ2) is 6.34. The van der Waals surface area contributed by atoms with Crippen molar-refractivity contribution in [2.75, 3.05) is 6.54 Å². The van der Waals surface area contributed by atoms with Gasteiger partial charge in [-0.05, 0) is 30.8 Å². The summed E-state index contributed by atoms with van der Waals surface area (Å²) >= 11 is 1.41. The molecule has 0 saturated carbocycles. The highest BCUT2D eigenvalue weighted by atomic mass is 32.1. The van der Waals surface area contributed by atoms with Crippen LogP contribution in [0, 0.1) is 12.3 Å². The molecule has 2 aromatic rings. The number of hydrogen-bond acceptors (Lipinski definition) is 4. The Labute approximate surface area is 109 Å². The molecule has 0 aliphatic carbocycles. The first kappa shape index (κ1) is 12.8. The van der Waals surface area contributed by atoms with Crippen molar-refractivity contribution in [2.45, 2.75) is 25.8 Å². The van der Waals surface area contributed by atoms with Gasteiger partial charge in [-0.15, -0.1) is 23.7 Å². The Morgan fingerprint density at radius 3 is 3.22 bits per heavy atom. The van der Waals surface area contributed by atoms with Gasteiger partial charge in [-0.3, -0.25) is 4.79 Å². The number of fused-ring (bicyclic) bond motifs is 1. The minimum Gasteiger partial charge on any atom is -0.310 e. The molecule has 2 rings (SSSR count). The third kappa shape index (κ3) is 3.19. The minimum atomic E-state index is -0.0564. The summed E-state index contributed by atoms with van der Waals surface area (Å²) in [5, 5.41) is 5.13. The van der Waals surface area contributed by atoms with Crippen LogP contribution in [0.1, 0.15) is 25.1 Å². The monoisotopic (exact) mass is 261 g/mol. The molecule has 0 bridgehead atoms. The molecule has 2 heterocycles. The zero-order valence-electron chi connectivity index (χ0n) is 10.0. The summed E-state index contributed by atoms with van der Waals surface area (Å²) in [5.41, 5.74) is 0.715. The highest BCUT2D eigenvalue weighted by Gasteiger charge is 2.04. The SMILES string of the molecule is C#CCCCCNCc1nc2ccsc2c(=O)[nH]1. The van der Waals surface area contributed by atoms with E-state index < -0.39 is 0 Å². The van der Waals surface area contributed by atoms with Crippen molar-refractivity contribution >= 4 is 21.6 Å². The molecule has 4 nitrogen and oxygen atoms in total. The van der Waals surface area contributed by atoms with E-state index in [0.717, 1.165) is 31.3 Å². The Kier molecular flexibility index (Phi) is 4.51. The predicted octanol–water partition coefficient (Wildman–Crippen LogP) is 1.88. The van der Waals surface area contributed by atoms with Gasteiger partial charge in [0.15, 0.2) is 0 Å². The molecule has 0 aliphatic rings. The zero-order valence-corrected chi connectivity index (χ0v) is 10.8. The zero-order chi connectivity index (χ0) is 12.8. The number of terminal acetylenes is 1. The van der Waals surface area contributed by atoms with Gasteiger partial charge in [0.2, 0.25) is 0 Å². The lowest BCUT2D eigenvalue weighted by Gasteiger charge is -2.03. The van der Waals surface area contributed by atoms with Crippen LogP contribution in [0.5, 0.6) is 0 Å². The summed E-state index contributed by atoms with van der Waals surface area (Å²) in [6.45, 7) is 1.46. The molecule has 0 fully saturated rings. The second-order valence-electron chi connectivity index (χ2n) is 3.99. The third-order valence-corrected chi connectivity index (χ3v) is 3.48. The van der Waals surface area contributed by atoms with E-state index in [2.05, 4.69) is 21.2 Å². The van der Waals surface area contributed by atoms with E-state index in [4.69, 9.17) is 6.42 Å². The Hall–Kier alpha value is -1.64. The normalized spacial score (nSPS) is 10.6. The molecule has 2 N–H and O–H groups in total. The van der Waals surface area contributed by atoms with Gasteiger partial charge >= 0.3 is 0 Å². The van der Waals surface area contributed by atoms with Crippen LogP contribution in [0.15, 0.2) is 16.2 Å². The summed E-state index contributed by atoms with van der Waals surface area (Å²) in [7, 11) is 0. The van der Waals surface area contributed by atoms with Gasteiger partial charge in [-0.1, -0.05) is 0 Å². The van der Waals surface area contributed by atoms with E-state index in [9.17, 15) is 4.79 Å². The molecular formula is C13H15N3OS. The van der Waals surface area contributed by atoms with Crippen LogP contribution >= 0.6 is 11.3 Å². The van der Waals surface area contributed by atoms with Crippen LogP contribution in [-0.2, 0) is 6.54 Å². The van der Waals surface area contributed by atoms with E-state index in [1.807, 2.05) is 11.4 Å². The van der Waals surface area contributed by atoms with Crippen molar-refractivity contribution in [3.63, 3.8) is 0 Å². The fraction of sp³-hybridized carbons (Fsp3) is 0.385. The molecular weight excluding hydrogens is 246 g/mol. The van der Waals surface area contributed by atoms with Crippen molar-refractivity contribution in [2.24, 2.45) is 0 Å². The number of aromatic nitrogens is 2. The van der Waals surface area contributed by atoms with Crippen molar-refractivity contribution in [3.8, 4) is 12.3 Å². The molecule has 0 unspecified atom stereocenters. The molecule has 0 spiro atoms. The summed E-state index contributed by atoms with van der Waals surface area (Å²) in [6, 6.07) is 1.87. The van der Waals surface area contributed by atoms with Crippen molar-refractivity contribution in [1.29, 1.82) is 0 Å². The molecule has 0 aliphatic heterocycles. The number of nitrogens with one attached hydrogen (secondary N) is 2. The summed E-state index contributed by atoms with van der Waals surface area (Å²) in [4.78, 5) is 18.9. The third-order valence-electron chi connectivity index (χ3n) is 2.58. The van der Waals surface area contributed by atoms with E-state index in [1.54, 1.807) is 0 Å². The number of thiophene rings is 1. The van der Waals surface area contributed by atoms with Crippen LogP contribution in [0.2, 0.25) is 0 Å². The number of rotatable bonds is 6. The Balaban J connectivity index is 1.88. The smallest absolute Gasteiger partial charge is 0.268 e. The molecule has 94 valence electrons. The highest BCUT2D eigenvalue weighted by molar-refractivity contribution is 7.17. The molecule has 0 aromatic carbocycles. The van der Waals surface area contributed by atoms with Gasteiger partial charge in [0.25, 0.3) is 5.56 Å². The van der Waals surface area contributed by atoms with Crippen LogP contribution in [-0.4, -0.2) is 16.5 Å². The van der Waals surface area contributed by atoms with Crippen molar-refractivity contribution in [1.82, 2.24) is 15.3 Å². The Morgan fingerprint density at radius 2 is 2.39 bits per heavy atom. The summed E-state index contributed by atoms with van der Waals surface area (Å²) in [5.74, 6) is 3.30. The van der Waals surface area contributed by atoms with Crippen LogP contribution in [0.3, 0.4) is 0 Å². The van der Waals surface area contributed by atoms with Crippen LogP contribution in [0.4, 0.5) is 0 Å². The average Bonchev–Trinajstić information content (AvgIpc) is 2.82. The molecule has 0 saturated heterocycles. The summed E-state index contributed by atoms with van der Waals surface area (Å²) < 4.78 is 0.688. The number of unbranched alkanes of at least 4 members (excludes halogenated alkanes) is 2. The fourth-order valence-corrected chi connectivity index (χ4v) is 2.41. The van der Waals surface area contributed by atoms with Gasteiger partial charge in [0.1, 0.15) is 10.5 Å². The molecule has 0 amide bonds. The quantitative estimate of drug-likeness (QED) is 0.616. The number of H-pyrrole nitrogens is 1. The lowest BCUT2D eigenvalue weighted by molar-refractivity contribution is 0.614. The first-order valence-corrected chi connectivity index (χ1v) is 6.80. The van der Waals surface area contributed by atoms with Crippen LogP contribution in [0.25, 0.3) is 10.2 Å².